The quantitative estimate of drug-likeness (QED) is 0.289. The molecule has 7 unspecified atom stereocenters. The van der Waals surface area contributed by atoms with Gasteiger partial charge in [0, 0.05) is 76.5 Å². The van der Waals surface area contributed by atoms with E-state index in [1.54, 1.807) is 0 Å². The number of rotatable bonds is 7. The highest BCUT2D eigenvalue weighted by Crippen LogP contribution is 2.32. The average molecular weight is 534 g/mol. The van der Waals surface area contributed by atoms with Crippen molar-refractivity contribution in [2.75, 3.05) is 72.5 Å². The van der Waals surface area contributed by atoms with Crippen molar-refractivity contribution < 1.29 is 4.79 Å². The largest absolute Gasteiger partial charge is 0.368 e. The van der Waals surface area contributed by atoms with E-state index in [0.29, 0.717) is 18.0 Å². The molecule has 0 radical (unpaired) electrons. The van der Waals surface area contributed by atoms with Crippen molar-refractivity contribution in [2.45, 2.75) is 94.9 Å². The molecule has 0 aromatic rings. The van der Waals surface area contributed by atoms with Crippen LogP contribution in [0.5, 0.6) is 0 Å². The van der Waals surface area contributed by atoms with Gasteiger partial charge in [0.2, 0.25) is 5.91 Å². The lowest BCUT2D eigenvalue weighted by molar-refractivity contribution is -0.123. The zero-order valence-electron chi connectivity index (χ0n) is 24.2. The summed E-state index contributed by atoms with van der Waals surface area (Å²) < 4.78 is 0. The lowest BCUT2D eigenvalue weighted by atomic mass is 9.80. The van der Waals surface area contributed by atoms with E-state index < -0.39 is 0 Å². The van der Waals surface area contributed by atoms with E-state index in [-0.39, 0.29) is 30.3 Å². The molecule has 4 saturated heterocycles. The van der Waals surface area contributed by atoms with Crippen LogP contribution in [0.2, 0.25) is 0 Å². The number of hydrogen-bond donors (Lipinski definition) is 5. The number of primary amides is 1. The maximum Gasteiger partial charge on any atom is 0.237 e. The highest BCUT2D eigenvalue weighted by atomic mass is 16.1. The molecule has 7 atom stereocenters. The molecule has 1 amide bonds. The van der Waals surface area contributed by atoms with Crippen LogP contribution in [-0.4, -0.2) is 141 Å². The smallest absolute Gasteiger partial charge is 0.237 e. The highest BCUT2D eigenvalue weighted by Gasteiger charge is 2.43. The molecule has 0 spiro atoms. The predicted molar refractivity (Wildman–Crippen MR) is 153 cm³/mol. The van der Waals surface area contributed by atoms with E-state index in [1.807, 2.05) is 0 Å². The number of nitrogens with one attached hydrogen (secondary N) is 4. The van der Waals surface area contributed by atoms with Crippen molar-refractivity contribution in [3.8, 4) is 0 Å². The van der Waals surface area contributed by atoms with Crippen molar-refractivity contribution in [1.82, 2.24) is 40.9 Å². The molecule has 4 heterocycles. The number of piperazine rings is 3. The van der Waals surface area contributed by atoms with Crippen molar-refractivity contribution in [3.63, 3.8) is 0 Å². The van der Waals surface area contributed by atoms with Crippen LogP contribution in [0.3, 0.4) is 0 Å². The summed E-state index contributed by atoms with van der Waals surface area (Å²) in [6.45, 7) is 16.1. The molecule has 4 aliphatic heterocycles. The fourth-order valence-electron chi connectivity index (χ4n) is 7.96. The van der Waals surface area contributed by atoms with E-state index in [9.17, 15) is 4.79 Å². The SMILES string of the molecule is CCC1NC(C(N)=O)C(NC2CCC(N3CCC(N4CCN(C)CC4)CC3)C(C)C2)NC1N1CCNCC1. The second kappa shape index (κ2) is 13.2. The topological polar surface area (TPSA) is 104 Å². The molecule has 10 nitrogen and oxygen atoms in total. The summed E-state index contributed by atoms with van der Waals surface area (Å²) in [5, 5.41) is 14.8. The molecule has 5 aliphatic rings. The molecular weight excluding hydrogens is 478 g/mol. The first-order valence-corrected chi connectivity index (χ1v) is 15.6. The van der Waals surface area contributed by atoms with Crippen molar-refractivity contribution in [1.29, 1.82) is 0 Å². The number of hydrogen-bond acceptors (Lipinski definition) is 9. The van der Waals surface area contributed by atoms with Crippen LogP contribution in [0.25, 0.3) is 0 Å². The maximum atomic E-state index is 12.5. The molecule has 1 aliphatic carbocycles. The first-order chi connectivity index (χ1) is 18.4. The van der Waals surface area contributed by atoms with Gasteiger partial charge in [-0.15, -0.1) is 0 Å². The standard InChI is InChI=1S/C28H55N9O/c1-4-23-28(37-13-9-30-10-14-37)33-27(25(32-23)26(29)38)31-21-5-6-24(20(2)19-21)36-11-7-22(8-12-36)35-17-15-34(3)16-18-35/h20-25,27-28,30-33H,4-19H2,1-3H3,(H2,29,38). The number of nitrogens with zero attached hydrogens (tertiary/aromatic N) is 4. The van der Waals surface area contributed by atoms with Gasteiger partial charge in [-0.25, -0.2) is 0 Å². The van der Waals surface area contributed by atoms with Gasteiger partial charge in [-0.05, 0) is 64.6 Å². The van der Waals surface area contributed by atoms with E-state index in [2.05, 4.69) is 61.8 Å². The summed E-state index contributed by atoms with van der Waals surface area (Å²) in [6.07, 6.45) is 7.23. The number of amides is 1. The molecule has 1 saturated carbocycles. The van der Waals surface area contributed by atoms with Gasteiger partial charge in [-0.1, -0.05) is 13.8 Å². The monoisotopic (exact) mass is 533 g/mol. The van der Waals surface area contributed by atoms with Crippen LogP contribution < -0.4 is 27.0 Å². The summed E-state index contributed by atoms with van der Waals surface area (Å²) >= 11 is 0. The van der Waals surface area contributed by atoms with Gasteiger partial charge in [-0.3, -0.25) is 30.5 Å². The number of nitrogens with two attached hydrogens (primary N) is 1. The Hall–Kier alpha value is -0.850. The van der Waals surface area contributed by atoms with Gasteiger partial charge < -0.3 is 20.9 Å². The van der Waals surface area contributed by atoms with E-state index >= 15 is 0 Å². The van der Waals surface area contributed by atoms with Crippen LogP contribution in [-0.2, 0) is 4.79 Å². The Morgan fingerprint density at radius 2 is 1.61 bits per heavy atom. The second-order valence-electron chi connectivity index (χ2n) is 12.8. The van der Waals surface area contributed by atoms with Crippen LogP contribution in [0.4, 0.5) is 0 Å². The highest BCUT2D eigenvalue weighted by molar-refractivity contribution is 5.81. The summed E-state index contributed by atoms with van der Waals surface area (Å²) in [4.78, 5) is 23.0. The van der Waals surface area contributed by atoms with Gasteiger partial charge in [0.05, 0.1) is 12.3 Å². The first-order valence-electron chi connectivity index (χ1n) is 15.6. The summed E-state index contributed by atoms with van der Waals surface area (Å²) in [5.74, 6) is 0.384. The van der Waals surface area contributed by atoms with Crippen LogP contribution in [0.1, 0.15) is 52.4 Å². The minimum absolute atomic E-state index is 0.136. The van der Waals surface area contributed by atoms with Crippen LogP contribution in [0.15, 0.2) is 0 Å². The maximum absolute atomic E-state index is 12.5. The lowest BCUT2D eigenvalue weighted by Crippen LogP contribution is -2.77. The number of likely N-dealkylation sites (N-methyl/N-ethyl adjacent to an activating group) is 1. The molecule has 38 heavy (non-hydrogen) atoms. The Morgan fingerprint density at radius 1 is 0.895 bits per heavy atom. The molecular formula is C28H55N9O. The van der Waals surface area contributed by atoms with Gasteiger partial charge in [-0.2, -0.15) is 0 Å². The Labute approximate surface area is 230 Å². The molecule has 5 rings (SSSR count). The summed E-state index contributed by atoms with van der Waals surface area (Å²) in [5.41, 5.74) is 5.90. The molecule has 0 aromatic carbocycles. The van der Waals surface area contributed by atoms with E-state index in [4.69, 9.17) is 5.73 Å². The van der Waals surface area contributed by atoms with Gasteiger partial charge in [0.25, 0.3) is 0 Å². The predicted octanol–water partition coefficient (Wildman–Crippen LogP) is -0.772. The normalized spacial score (nSPS) is 39.8. The fourth-order valence-corrected chi connectivity index (χ4v) is 7.96. The lowest BCUT2D eigenvalue weighted by Gasteiger charge is -2.50. The Bertz CT molecular complexity index is 749. The Kier molecular flexibility index (Phi) is 9.97. The third kappa shape index (κ3) is 6.71. The molecule has 0 bridgehead atoms. The Balaban J connectivity index is 1.13. The van der Waals surface area contributed by atoms with Crippen molar-refractivity contribution in [2.24, 2.45) is 11.7 Å². The molecule has 6 N–H and O–H groups in total. The molecule has 0 aromatic heterocycles. The summed E-state index contributed by atoms with van der Waals surface area (Å²) in [7, 11) is 2.24. The van der Waals surface area contributed by atoms with Gasteiger partial charge in [0.1, 0.15) is 6.04 Å². The van der Waals surface area contributed by atoms with E-state index in [1.165, 1.54) is 58.5 Å². The van der Waals surface area contributed by atoms with Gasteiger partial charge >= 0.3 is 0 Å². The molecule has 10 heteroatoms. The Morgan fingerprint density at radius 3 is 2.24 bits per heavy atom. The van der Waals surface area contributed by atoms with Crippen molar-refractivity contribution in [3.05, 3.63) is 0 Å². The zero-order valence-corrected chi connectivity index (χ0v) is 24.2. The molecule has 5 fully saturated rings. The zero-order chi connectivity index (χ0) is 26.6. The van der Waals surface area contributed by atoms with Crippen LogP contribution >= 0.6 is 0 Å². The average Bonchev–Trinajstić information content (AvgIpc) is 2.94. The number of likely N-dealkylation sites (tertiary alicyclic amines) is 1. The van der Waals surface area contributed by atoms with Crippen LogP contribution in [0, 0.1) is 5.92 Å². The number of piperidine rings is 1. The minimum atomic E-state index is -0.388. The number of carbonyl (C=O) groups is 1. The first kappa shape index (κ1) is 28.7. The number of carbonyl (C=O) groups excluding carboxylic acids is 1. The second-order valence-corrected chi connectivity index (χ2v) is 12.8. The van der Waals surface area contributed by atoms with Crippen molar-refractivity contribution >= 4 is 5.91 Å². The summed E-state index contributed by atoms with van der Waals surface area (Å²) in [6, 6.07) is 1.70. The third-order valence-electron chi connectivity index (χ3n) is 10.3. The van der Waals surface area contributed by atoms with E-state index in [0.717, 1.165) is 51.5 Å². The third-order valence-corrected chi connectivity index (χ3v) is 10.3. The fraction of sp³-hybridized carbons (Fsp3) is 0.964. The molecule has 218 valence electrons. The minimum Gasteiger partial charge on any atom is -0.368 e. The van der Waals surface area contributed by atoms with Gasteiger partial charge in [0.15, 0.2) is 0 Å².